The molecule has 0 radical (unpaired) electrons. The van der Waals surface area contributed by atoms with Crippen molar-refractivity contribution in [3.63, 3.8) is 0 Å². The van der Waals surface area contributed by atoms with Crippen LogP contribution in [0, 0.1) is 18.6 Å². The largest absolute Gasteiger partial charge is 0.368 e. The van der Waals surface area contributed by atoms with E-state index in [1.54, 1.807) is 18.5 Å². The van der Waals surface area contributed by atoms with Crippen LogP contribution in [0.15, 0.2) is 48.9 Å². The number of halogens is 2. The van der Waals surface area contributed by atoms with Crippen LogP contribution in [-0.4, -0.2) is 41.0 Å². The van der Waals surface area contributed by atoms with Crippen molar-refractivity contribution in [3.05, 3.63) is 71.7 Å². The Morgan fingerprint density at radius 3 is 2.73 bits per heavy atom. The number of carbonyl (C=O) groups excluding carboxylic acids is 1. The minimum Gasteiger partial charge on any atom is -0.368 e. The molecule has 0 bridgehead atoms. The molecule has 1 amide bonds. The van der Waals surface area contributed by atoms with Crippen LogP contribution >= 0.6 is 0 Å². The predicted octanol–water partition coefficient (Wildman–Crippen LogP) is 4.31. The highest BCUT2D eigenvalue weighted by Crippen LogP contribution is 2.40. The zero-order valence-electron chi connectivity index (χ0n) is 18.4. The number of nitrogens with zero attached hydrogens (tertiary/aromatic N) is 3. The van der Waals surface area contributed by atoms with Gasteiger partial charge in [-0.25, -0.2) is 13.8 Å². The fraction of sp³-hybridized carbons (Fsp3) is 0.320. The van der Waals surface area contributed by atoms with E-state index in [2.05, 4.69) is 25.5 Å². The zero-order chi connectivity index (χ0) is 23.0. The van der Waals surface area contributed by atoms with Gasteiger partial charge < -0.3 is 15.5 Å². The normalized spacial score (nSPS) is 19.9. The van der Waals surface area contributed by atoms with Gasteiger partial charge in [0.15, 0.2) is 0 Å². The zero-order valence-corrected chi connectivity index (χ0v) is 18.4. The van der Waals surface area contributed by atoms with Crippen molar-refractivity contribution in [1.29, 1.82) is 0 Å². The van der Waals surface area contributed by atoms with Gasteiger partial charge in [0.25, 0.3) is 5.91 Å². The van der Waals surface area contributed by atoms with Crippen LogP contribution in [0.3, 0.4) is 0 Å². The molecule has 170 valence electrons. The van der Waals surface area contributed by atoms with Gasteiger partial charge in [0.2, 0.25) is 0 Å². The summed E-state index contributed by atoms with van der Waals surface area (Å²) in [6.07, 6.45) is 7.80. The first-order valence-electron chi connectivity index (χ1n) is 11.1. The third-order valence-electron chi connectivity index (χ3n) is 6.58. The second-order valence-corrected chi connectivity index (χ2v) is 8.85. The van der Waals surface area contributed by atoms with Crippen molar-refractivity contribution in [3.8, 4) is 11.1 Å². The number of benzene rings is 1. The molecule has 2 saturated heterocycles. The van der Waals surface area contributed by atoms with Crippen molar-refractivity contribution in [2.45, 2.75) is 31.7 Å². The molecule has 33 heavy (non-hydrogen) atoms. The monoisotopic (exact) mass is 449 g/mol. The van der Waals surface area contributed by atoms with Crippen LogP contribution in [0.2, 0.25) is 0 Å². The summed E-state index contributed by atoms with van der Waals surface area (Å²) in [6.45, 7) is 4.28. The first-order chi connectivity index (χ1) is 15.9. The Morgan fingerprint density at radius 1 is 1.18 bits per heavy atom. The van der Waals surface area contributed by atoms with Gasteiger partial charge in [0.1, 0.15) is 17.5 Å². The molecule has 0 saturated carbocycles. The van der Waals surface area contributed by atoms with Gasteiger partial charge in [-0.3, -0.25) is 9.78 Å². The Bertz CT molecular complexity index is 1190. The molecule has 2 aromatic heterocycles. The van der Waals surface area contributed by atoms with Crippen LogP contribution in [0.4, 0.5) is 20.3 Å². The summed E-state index contributed by atoms with van der Waals surface area (Å²) in [6, 6.07) is 7.05. The van der Waals surface area contributed by atoms with E-state index in [9.17, 15) is 13.6 Å². The number of pyridine rings is 2. The average molecular weight is 450 g/mol. The van der Waals surface area contributed by atoms with Crippen LogP contribution in [0.25, 0.3) is 11.1 Å². The number of hydrogen-bond acceptors (Lipinski definition) is 5. The number of rotatable bonds is 4. The van der Waals surface area contributed by atoms with Crippen LogP contribution in [0.5, 0.6) is 0 Å². The van der Waals surface area contributed by atoms with Gasteiger partial charge in [-0.15, -0.1) is 0 Å². The molecule has 5 rings (SSSR count). The number of anilines is 2. The van der Waals surface area contributed by atoms with Crippen molar-refractivity contribution >= 4 is 17.4 Å². The summed E-state index contributed by atoms with van der Waals surface area (Å²) in [7, 11) is 0. The van der Waals surface area contributed by atoms with E-state index >= 15 is 0 Å². The molecule has 1 unspecified atom stereocenters. The van der Waals surface area contributed by atoms with E-state index in [-0.39, 0.29) is 11.4 Å². The van der Waals surface area contributed by atoms with E-state index < -0.39 is 11.6 Å². The van der Waals surface area contributed by atoms with Crippen molar-refractivity contribution < 1.29 is 13.6 Å². The fourth-order valence-corrected chi connectivity index (χ4v) is 4.95. The van der Waals surface area contributed by atoms with Crippen molar-refractivity contribution in [2.75, 3.05) is 29.9 Å². The molecule has 0 aliphatic carbocycles. The third-order valence-corrected chi connectivity index (χ3v) is 6.58. The highest BCUT2D eigenvalue weighted by molar-refractivity contribution is 6.10. The maximum atomic E-state index is 14.1. The van der Waals surface area contributed by atoms with Crippen molar-refractivity contribution in [1.82, 2.24) is 15.3 Å². The number of nitrogens with one attached hydrogen (secondary N) is 2. The van der Waals surface area contributed by atoms with Crippen LogP contribution < -0.4 is 15.5 Å². The molecule has 1 atom stereocenters. The first-order valence-corrected chi connectivity index (χ1v) is 11.1. The first kappa shape index (κ1) is 21.5. The predicted molar refractivity (Wildman–Crippen MR) is 123 cm³/mol. The lowest BCUT2D eigenvalue weighted by Gasteiger charge is -2.28. The summed E-state index contributed by atoms with van der Waals surface area (Å²) in [5.41, 5.74) is 2.68. The molecule has 3 aromatic rings. The number of carbonyl (C=O) groups is 1. The number of amides is 1. The summed E-state index contributed by atoms with van der Waals surface area (Å²) >= 11 is 0. The standard InChI is InChI=1S/C25H25F2N5O/c1-16-4-2-7-29-23(16)31-24(33)21-14-28-13-20(17-10-18(26)12-19(27)11-17)22(21)32-9-6-25(15-32)5-3-8-30-25/h2,4,7,10-14,30H,3,5-6,8-9,15H2,1H3,(H,29,31,33). The number of aryl methyl sites for hydroxylation is 1. The summed E-state index contributed by atoms with van der Waals surface area (Å²) in [4.78, 5) is 24.0. The number of hydrogen-bond donors (Lipinski definition) is 2. The SMILES string of the molecule is Cc1cccnc1NC(=O)c1cncc(-c2cc(F)cc(F)c2)c1N1CCC2(CCCN2)C1. The van der Waals surface area contributed by atoms with Crippen molar-refractivity contribution in [2.24, 2.45) is 0 Å². The van der Waals surface area contributed by atoms with Gasteiger partial charge in [-0.1, -0.05) is 6.07 Å². The Morgan fingerprint density at radius 2 is 2.00 bits per heavy atom. The smallest absolute Gasteiger partial charge is 0.260 e. The summed E-state index contributed by atoms with van der Waals surface area (Å²) < 4.78 is 28.2. The van der Waals surface area contributed by atoms with Gasteiger partial charge in [0, 0.05) is 48.8 Å². The van der Waals surface area contributed by atoms with E-state index in [0.29, 0.717) is 34.7 Å². The Hall–Kier alpha value is -3.39. The van der Waals surface area contributed by atoms with E-state index in [1.165, 1.54) is 18.3 Å². The second kappa shape index (κ2) is 8.51. The van der Waals surface area contributed by atoms with Gasteiger partial charge in [-0.05, 0) is 62.1 Å². The van der Waals surface area contributed by atoms with Gasteiger partial charge in [-0.2, -0.15) is 0 Å². The molecule has 2 aliphatic rings. The number of aromatic nitrogens is 2. The van der Waals surface area contributed by atoms with Crippen LogP contribution in [-0.2, 0) is 0 Å². The topological polar surface area (TPSA) is 70.2 Å². The van der Waals surface area contributed by atoms with Gasteiger partial charge >= 0.3 is 0 Å². The minimum atomic E-state index is -0.676. The van der Waals surface area contributed by atoms with E-state index in [0.717, 1.165) is 44.0 Å². The molecular weight excluding hydrogens is 424 g/mol. The molecule has 4 heterocycles. The maximum Gasteiger partial charge on any atom is 0.260 e. The molecule has 1 spiro atoms. The lowest BCUT2D eigenvalue weighted by Crippen LogP contribution is -2.42. The maximum absolute atomic E-state index is 14.1. The third kappa shape index (κ3) is 4.18. The summed E-state index contributed by atoms with van der Waals surface area (Å²) in [5, 5.41) is 6.49. The molecule has 2 aliphatic heterocycles. The molecular formula is C25H25F2N5O. The summed E-state index contributed by atoms with van der Waals surface area (Å²) in [5.74, 6) is -1.25. The highest BCUT2D eigenvalue weighted by atomic mass is 19.1. The molecule has 1 aromatic carbocycles. The molecule has 6 nitrogen and oxygen atoms in total. The Labute approximate surface area is 191 Å². The highest BCUT2D eigenvalue weighted by Gasteiger charge is 2.41. The van der Waals surface area contributed by atoms with Gasteiger partial charge in [0.05, 0.1) is 11.3 Å². The van der Waals surface area contributed by atoms with E-state index in [4.69, 9.17) is 0 Å². The quantitative estimate of drug-likeness (QED) is 0.621. The molecule has 2 fully saturated rings. The lowest BCUT2D eigenvalue weighted by atomic mass is 9.96. The fourth-order valence-electron chi connectivity index (χ4n) is 4.95. The second-order valence-electron chi connectivity index (χ2n) is 8.85. The Balaban J connectivity index is 1.60. The average Bonchev–Trinajstić information content (AvgIpc) is 3.43. The molecule has 8 heteroatoms. The van der Waals surface area contributed by atoms with Crippen LogP contribution in [0.1, 0.15) is 35.2 Å². The minimum absolute atomic E-state index is 0.000945. The van der Waals surface area contributed by atoms with E-state index in [1.807, 2.05) is 13.0 Å². The lowest BCUT2D eigenvalue weighted by molar-refractivity contribution is 0.102. The molecule has 2 N–H and O–H groups in total. The Kier molecular flexibility index (Phi) is 5.54.